The van der Waals surface area contributed by atoms with E-state index in [4.69, 9.17) is 0 Å². The number of nitrogens with one attached hydrogen (secondary N) is 1. The van der Waals surface area contributed by atoms with Crippen molar-refractivity contribution in [2.75, 3.05) is 5.75 Å². The number of amides is 1. The Hall–Kier alpha value is -2.21. The fraction of sp³-hybridized carbons (Fsp3) is 0.278. The number of rotatable bonds is 4. The van der Waals surface area contributed by atoms with Crippen LogP contribution < -0.4 is 5.32 Å². The molecule has 1 aliphatic carbocycles. The molecule has 3 rings (SSSR count). The van der Waals surface area contributed by atoms with Gasteiger partial charge in [-0.1, -0.05) is 25.1 Å². The molecule has 0 unspecified atom stereocenters. The lowest BCUT2D eigenvalue weighted by atomic mass is 10.1. The lowest BCUT2D eigenvalue weighted by Gasteiger charge is -2.14. The largest absolute Gasteiger partial charge is 0.345 e. The van der Waals surface area contributed by atoms with Crippen LogP contribution in [-0.4, -0.2) is 20.1 Å². The number of carbonyl (C=O) groups is 1. The van der Waals surface area contributed by atoms with Crippen molar-refractivity contribution in [2.24, 2.45) is 0 Å². The van der Waals surface area contributed by atoms with E-state index in [9.17, 15) is 17.6 Å². The molecule has 2 aromatic carbocycles. The van der Waals surface area contributed by atoms with Gasteiger partial charge in [0, 0.05) is 5.56 Å². The molecule has 2 aromatic rings. The minimum Gasteiger partial charge on any atom is -0.345 e. The summed E-state index contributed by atoms with van der Waals surface area (Å²) in [5, 5.41) is 2.87. The number of halogens is 1. The molecule has 0 bridgehead atoms. The molecule has 24 heavy (non-hydrogen) atoms. The molecule has 1 aliphatic rings. The van der Waals surface area contributed by atoms with Gasteiger partial charge >= 0.3 is 0 Å². The van der Waals surface area contributed by atoms with Gasteiger partial charge in [0.15, 0.2) is 9.84 Å². The summed E-state index contributed by atoms with van der Waals surface area (Å²) >= 11 is 0. The quantitative estimate of drug-likeness (QED) is 0.925. The van der Waals surface area contributed by atoms with Gasteiger partial charge in [-0.2, -0.15) is 0 Å². The van der Waals surface area contributed by atoms with E-state index in [0.29, 0.717) is 18.4 Å². The molecule has 1 atom stereocenters. The van der Waals surface area contributed by atoms with Crippen molar-refractivity contribution in [3.8, 4) is 0 Å². The van der Waals surface area contributed by atoms with Crippen molar-refractivity contribution in [2.45, 2.75) is 30.7 Å². The maximum Gasteiger partial charge on any atom is 0.251 e. The van der Waals surface area contributed by atoms with Gasteiger partial charge in [0.1, 0.15) is 5.82 Å². The fourth-order valence-electron chi connectivity index (χ4n) is 3.00. The van der Waals surface area contributed by atoms with Gasteiger partial charge in [-0.25, -0.2) is 12.8 Å². The second kappa shape index (κ2) is 6.36. The molecule has 0 saturated carbocycles. The van der Waals surface area contributed by atoms with E-state index in [1.54, 1.807) is 25.1 Å². The minimum atomic E-state index is -3.37. The SMILES string of the molecule is CCS(=O)(=O)c1cccc(C(=O)N[C@H]2CCc3c(F)cccc32)c1. The number of hydrogen-bond acceptors (Lipinski definition) is 3. The molecule has 0 aromatic heterocycles. The number of sulfone groups is 1. The highest BCUT2D eigenvalue weighted by Gasteiger charge is 2.26. The van der Waals surface area contributed by atoms with Crippen LogP contribution in [0.1, 0.15) is 40.9 Å². The highest BCUT2D eigenvalue weighted by molar-refractivity contribution is 7.91. The van der Waals surface area contributed by atoms with Crippen LogP contribution in [0.15, 0.2) is 47.4 Å². The average molecular weight is 347 g/mol. The number of benzene rings is 2. The molecule has 1 N–H and O–H groups in total. The van der Waals surface area contributed by atoms with Crippen LogP contribution >= 0.6 is 0 Å². The normalized spacial score (nSPS) is 16.7. The third-order valence-corrected chi connectivity index (χ3v) is 6.09. The lowest BCUT2D eigenvalue weighted by molar-refractivity contribution is 0.0936. The predicted octanol–water partition coefficient (Wildman–Crippen LogP) is 3.04. The van der Waals surface area contributed by atoms with Gasteiger partial charge < -0.3 is 5.32 Å². The van der Waals surface area contributed by atoms with Crippen molar-refractivity contribution >= 4 is 15.7 Å². The monoisotopic (exact) mass is 347 g/mol. The summed E-state index contributed by atoms with van der Waals surface area (Å²) < 4.78 is 37.7. The summed E-state index contributed by atoms with van der Waals surface area (Å²) in [6, 6.07) is 10.6. The summed E-state index contributed by atoms with van der Waals surface area (Å²) in [5.74, 6) is -0.626. The van der Waals surface area contributed by atoms with E-state index in [-0.39, 0.29) is 34.0 Å². The lowest BCUT2D eigenvalue weighted by Crippen LogP contribution is -2.27. The van der Waals surface area contributed by atoms with Crippen LogP contribution in [0.3, 0.4) is 0 Å². The maximum atomic E-state index is 13.8. The van der Waals surface area contributed by atoms with E-state index in [1.807, 2.05) is 6.07 Å². The van der Waals surface area contributed by atoms with Crippen LogP contribution in [-0.2, 0) is 16.3 Å². The molecular formula is C18H18FNO3S. The van der Waals surface area contributed by atoms with Gasteiger partial charge in [0.05, 0.1) is 16.7 Å². The van der Waals surface area contributed by atoms with Crippen LogP contribution in [0.4, 0.5) is 4.39 Å². The zero-order valence-corrected chi connectivity index (χ0v) is 14.1. The van der Waals surface area contributed by atoms with Crippen molar-refractivity contribution in [3.05, 3.63) is 65.0 Å². The molecule has 0 saturated heterocycles. The highest BCUT2D eigenvalue weighted by atomic mass is 32.2. The first-order valence-electron chi connectivity index (χ1n) is 7.83. The van der Waals surface area contributed by atoms with Crippen LogP contribution in [0.25, 0.3) is 0 Å². The molecular weight excluding hydrogens is 329 g/mol. The Morgan fingerprint density at radius 1 is 1.25 bits per heavy atom. The van der Waals surface area contributed by atoms with Gasteiger partial charge in [0.25, 0.3) is 5.91 Å². The second-order valence-electron chi connectivity index (χ2n) is 5.80. The first-order chi connectivity index (χ1) is 11.4. The number of hydrogen-bond donors (Lipinski definition) is 1. The highest BCUT2D eigenvalue weighted by Crippen LogP contribution is 2.32. The van der Waals surface area contributed by atoms with Crippen LogP contribution in [0.5, 0.6) is 0 Å². The van der Waals surface area contributed by atoms with Gasteiger partial charge in [-0.3, -0.25) is 4.79 Å². The minimum absolute atomic E-state index is 0.0205. The van der Waals surface area contributed by atoms with Crippen molar-refractivity contribution in [3.63, 3.8) is 0 Å². The van der Waals surface area contributed by atoms with E-state index in [2.05, 4.69) is 5.32 Å². The third kappa shape index (κ3) is 3.06. The number of fused-ring (bicyclic) bond motifs is 1. The van der Waals surface area contributed by atoms with Crippen LogP contribution in [0.2, 0.25) is 0 Å². The topological polar surface area (TPSA) is 63.2 Å². The Morgan fingerprint density at radius 2 is 2.00 bits per heavy atom. The van der Waals surface area contributed by atoms with Gasteiger partial charge in [-0.05, 0) is 48.2 Å². The zero-order chi connectivity index (χ0) is 17.3. The molecule has 6 heteroatoms. The summed E-state index contributed by atoms with van der Waals surface area (Å²) in [4.78, 5) is 12.6. The third-order valence-electron chi connectivity index (χ3n) is 4.35. The fourth-order valence-corrected chi connectivity index (χ4v) is 3.92. The Labute approximate surface area is 140 Å². The van der Waals surface area contributed by atoms with Crippen molar-refractivity contribution in [1.29, 1.82) is 0 Å². The first kappa shape index (κ1) is 16.6. The second-order valence-corrected chi connectivity index (χ2v) is 8.08. The number of carbonyl (C=O) groups excluding carboxylic acids is 1. The molecule has 1 amide bonds. The predicted molar refractivity (Wildman–Crippen MR) is 89.1 cm³/mol. The molecule has 0 fully saturated rings. The van der Waals surface area contributed by atoms with E-state index in [0.717, 1.165) is 5.56 Å². The Bertz CT molecular complexity index is 893. The first-order valence-corrected chi connectivity index (χ1v) is 9.48. The van der Waals surface area contributed by atoms with E-state index < -0.39 is 9.84 Å². The average Bonchev–Trinajstić information content (AvgIpc) is 2.99. The van der Waals surface area contributed by atoms with Crippen LogP contribution in [0, 0.1) is 5.82 Å². The maximum absolute atomic E-state index is 13.8. The zero-order valence-electron chi connectivity index (χ0n) is 13.3. The molecule has 0 heterocycles. The Balaban J connectivity index is 1.83. The summed E-state index contributed by atoms with van der Waals surface area (Å²) in [7, 11) is -3.37. The smallest absolute Gasteiger partial charge is 0.251 e. The summed E-state index contributed by atoms with van der Waals surface area (Å²) in [6.07, 6.45) is 1.21. The molecule has 0 aliphatic heterocycles. The van der Waals surface area contributed by atoms with Gasteiger partial charge in [-0.15, -0.1) is 0 Å². The van der Waals surface area contributed by atoms with Gasteiger partial charge in [0.2, 0.25) is 0 Å². The Kier molecular flexibility index (Phi) is 4.41. The van der Waals surface area contributed by atoms with Crippen molar-refractivity contribution in [1.82, 2.24) is 5.32 Å². The van der Waals surface area contributed by atoms with Crippen molar-refractivity contribution < 1.29 is 17.6 Å². The molecule has 0 radical (unpaired) electrons. The Morgan fingerprint density at radius 3 is 2.75 bits per heavy atom. The summed E-state index contributed by atoms with van der Waals surface area (Å²) in [5.41, 5.74) is 1.72. The van der Waals surface area contributed by atoms with E-state index >= 15 is 0 Å². The van der Waals surface area contributed by atoms with E-state index in [1.165, 1.54) is 18.2 Å². The molecule has 126 valence electrons. The molecule has 4 nitrogen and oxygen atoms in total. The standard InChI is InChI=1S/C18H18FNO3S/c1-2-24(22,23)13-6-3-5-12(11-13)18(21)20-17-10-9-14-15(17)7-4-8-16(14)19/h3-8,11,17H,2,9-10H2,1H3,(H,20,21)/t17-/m0/s1. The summed E-state index contributed by atoms with van der Waals surface area (Å²) in [6.45, 7) is 1.56. The molecule has 0 spiro atoms.